The van der Waals surface area contributed by atoms with Crippen LogP contribution in [0.2, 0.25) is 0 Å². The first-order chi connectivity index (χ1) is 10.4. The number of nitrogens with zero attached hydrogens (tertiary/aromatic N) is 1. The first kappa shape index (κ1) is 14.0. The van der Waals surface area contributed by atoms with Crippen molar-refractivity contribution in [2.24, 2.45) is 0 Å². The predicted molar refractivity (Wildman–Crippen MR) is 92.7 cm³/mol. The molecule has 0 saturated heterocycles. The fraction of sp³-hybridized carbons (Fsp3) is 0.167. The number of fused-ring (bicyclic) bond motifs is 1. The van der Waals surface area contributed by atoms with E-state index in [0.29, 0.717) is 0 Å². The van der Waals surface area contributed by atoms with Crippen molar-refractivity contribution in [2.45, 2.75) is 11.5 Å². The van der Waals surface area contributed by atoms with Crippen LogP contribution in [0.4, 0.5) is 5.82 Å². The average molecular weight is 294 g/mol. The number of rotatable bonds is 5. The van der Waals surface area contributed by atoms with Crippen molar-refractivity contribution in [2.75, 3.05) is 12.4 Å². The van der Waals surface area contributed by atoms with Gasteiger partial charge in [0.15, 0.2) is 0 Å². The van der Waals surface area contributed by atoms with E-state index in [1.54, 1.807) is 0 Å². The van der Waals surface area contributed by atoms with Gasteiger partial charge in [0, 0.05) is 29.5 Å². The topological polar surface area (TPSA) is 24.9 Å². The molecule has 0 aliphatic rings. The summed E-state index contributed by atoms with van der Waals surface area (Å²) in [5, 5.41) is 4.41. The normalized spacial score (nSPS) is 10.7. The highest BCUT2D eigenvalue weighted by atomic mass is 32.2. The molecule has 0 saturated carbocycles. The molecule has 1 N–H and O–H groups in total. The smallest absolute Gasteiger partial charge is 0.130 e. The third-order valence-electron chi connectivity index (χ3n) is 3.41. The lowest BCUT2D eigenvalue weighted by Crippen LogP contribution is -1.98. The summed E-state index contributed by atoms with van der Waals surface area (Å²) in [7, 11) is 1.93. The van der Waals surface area contributed by atoms with E-state index in [2.05, 4.69) is 59.9 Å². The molecular formula is C18H18N2S. The Labute approximate surface area is 129 Å². The van der Waals surface area contributed by atoms with Crippen LogP contribution in [0.1, 0.15) is 11.1 Å². The van der Waals surface area contributed by atoms with Gasteiger partial charge in [0.05, 0.1) is 5.52 Å². The van der Waals surface area contributed by atoms with E-state index in [1.165, 1.54) is 16.5 Å². The van der Waals surface area contributed by atoms with Gasteiger partial charge in [-0.3, -0.25) is 0 Å². The number of nitrogens with one attached hydrogen (secondary N) is 1. The zero-order valence-corrected chi connectivity index (χ0v) is 12.9. The molecular weight excluding hydrogens is 276 g/mol. The van der Waals surface area contributed by atoms with Gasteiger partial charge in [0.2, 0.25) is 0 Å². The van der Waals surface area contributed by atoms with Crippen molar-refractivity contribution in [3.05, 3.63) is 71.8 Å². The molecule has 0 fully saturated rings. The molecule has 1 heterocycles. The summed E-state index contributed by atoms with van der Waals surface area (Å²) in [6.07, 6.45) is 0. The van der Waals surface area contributed by atoms with E-state index >= 15 is 0 Å². The van der Waals surface area contributed by atoms with E-state index in [1.807, 2.05) is 24.9 Å². The maximum atomic E-state index is 4.69. The molecule has 106 valence electrons. The molecule has 21 heavy (non-hydrogen) atoms. The molecule has 0 bridgehead atoms. The van der Waals surface area contributed by atoms with Crippen LogP contribution >= 0.6 is 11.8 Å². The van der Waals surface area contributed by atoms with E-state index in [9.17, 15) is 0 Å². The highest BCUT2D eigenvalue weighted by Crippen LogP contribution is 2.25. The minimum absolute atomic E-state index is 0.961. The molecule has 0 aliphatic carbocycles. The van der Waals surface area contributed by atoms with Crippen LogP contribution in [-0.2, 0) is 11.5 Å². The van der Waals surface area contributed by atoms with E-state index in [4.69, 9.17) is 4.98 Å². The number of hydrogen-bond donors (Lipinski definition) is 1. The quantitative estimate of drug-likeness (QED) is 0.737. The maximum absolute atomic E-state index is 4.69. The number of thioether (sulfide) groups is 1. The first-order valence-corrected chi connectivity index (χ1v) is 8.20. The summed E-state index contributed by atoms with van der Waals surface area (Å²) < 4.78 is 0. The van der Waals surface area contributed by atoms with Crippen molar-refractivity contribution in [3.8, 4) is 0 Å². The zero-order valence-electron chi connectivity index (χ0n) is 12.0. The fourth-order valence-corrected chi connectivity index (χ4v) is 3.31. The summed E-state index contributed by atoms with van der Waals surface area (Å²) in [6.45, 7) is 0. The average Bonchev–Trinajstić information content (AvgIpc) is 2.55. The third kappa shape index (κ3) is 3.37. The molecule has 0 aliphatic heterocycles. The molecule has 3 aromatic rings. The van der Waals surface area contributed by atoms with E-state index in [-0.39, 0.29) is 0 Å². The molecule has 1 aromatic heterocycles. The van der Waals surface area contributed by atoms with Crippen LogP contribution in [0, 0.1) is 0 Å². The number of pyridine rings is 1. The second-order valence-electron chi connectivity index (χ2n) is 4.92. The lowest BCUT2D eigenvalue weighted by atomic mass is 10.1. The van der Waals surface area contributed by atoms with Crippen LogP contribution in [0.3, 0.4) is 0 Å². The summed E-state index contributed by atoms with van der Waals surface area (Å²) in [5.74, 6) is 2.97. The SMILES string of the molecule is CNc1nc2ccccc2cc1CSCc1ccccc1. The van der Waals surface area contributed by atoms with Gasteiger partial charge in [-0.25, -0.2) is 4.98 Å². The van der Waals surface area contributed by atoms with Gasteiger partial charge in [0.25, 0.3) is 0 Å². The summed E-state index contributed by atoms with van der Waals surface area (Å²) >= 11 is 1.92. The molecule has 2 nitrogen and oxygen atoms in total. The second kappa shape index (κ2) is 6.64. The standard InChI is InChI=1S/C18H18N2S/c1-19-18-16(11-15-9-5-6-10-17(15)20-18)13-21-12-14-7-3-2-4-8-14/h2-11H,12-13H2,1H3,(H,19,20). The van der Waals surface area contributed by atoms with Crippen molar-refractivity contribution in [1.82, 2.24) is 4.98 Å². The van der Waals surface area contributed by atoms with E-state index < -0.39 is 0 Å². The minimum atomic E-state index is 0.961. The number of para-hydroxylation sites is 1. The Morgan fingerprint density at radius 3 is 2.52 bits per heavy atom. The van der Waals surface area contributed by atoms with Gasteiger partial charge in [-0.05, 0) is 17.7 Å². The number of anilines is 1. The van der Waals surface area contributed by atoms with Gasteiger partial charge in [-0.15, -0.1) is 0 Å². The Bertz CT molecular complexity index is 726. The Hall–Kier alpha value is -2.00. The van der Waals surface area contributed by atoms with Crippen molar-refractivity contribution in [3.63, 3.8) is 0 Å². The summed E-state index contributed by atoms with van der Waals surface area (Å²) in [5.41, 5.74) is 3.66. The summed E-state index contributed by atoms with van der Waals surface area (Å²) in [4.78, 5) is 4.69. The van der Waals surface area contributed by atoms with Crippen LogP contribution in [0.5, 0.6) is 0 Å². The zero-order chi connectivity index (χ0) is 14.5. The number of hydrogen-bond acceptors (Lipinski definition) is 3. The van der Waals surface area contributed by atoms with Crippen molar-refractivity contribution < 1.29 is 0 Å². The fourth-order valence-electron chi connectivity index (χ4n) is 2.34. The summed E-state index contributed by atoms with van der Waals surface area (Å²) in [6, 6.07) is 21.1. The van der Waals surface area contributed by atoms with E-state index in [0.717, 1.165) is 22.8 Å². The van der Waals surface area contributed by atoms with Crippen LogP contribution in [0.25, 0.3) is 10.9 Å². The molecule has 3 heteroatoms. The largest absolute Gasteiger partial charge is 0.373 e. The highest BCUT2D eigenvalue weighted by molar-refractivity contribution is 7.97. The minimum Gasteiger partial charge on any atom is -0.373 e. The monoisotopic (exact) mass is 294 g/mol. The van der Waals surface area contributed by atoms with Crippen molar-refractivity contribution in [1.29, 1.82) is 0 Å². The highest BCUT2D eigenvalue weighted by Gasteiger charge is 2.05. The van der Waals surface area contributed by atoms with Gasteiger partial charge in [0.1, 0.15) is 5.82 Å². The number of aromatic nitrogens is 1. The maximum Gasteiger partial charge on any atom is 0.130 e. The Morgan fingerprint density at radius 1 is 0.952 bits per heavy atom. The second-order valence-corrected chi connectivity index (χ2v) is 5.90. The molecule has 0 spiro atoms. The Morgan fingerprint density at radius 2 is 1.71 bits per heavy atom. The first-order valence-electron chi connectivity index (χ1n) is 7.05. The van der Waals surface area contributed by atoms with Gasteiger partial charge < -0.3 is 5.32 Å². The molecule has 0 unspecified atom stereocenters. The van der Waals surface area contributed by atoms with Crippen molar-refractivity contribution >= 4 is 28.5 Å². The van der Waals surface area contributed by atoms with Gasteiger partial charge >= 0.3 is 0 Å². The molecule has 2 aromatic carbocycles. The van der Waals surface area contributed by atoms with Gasteiger partial charge in [-0.2, -0.15) is 11.8 Å². The predicted octanol–water partition coefficient (Wildman–Crippen LogP) is 4.71. The molecule has 0 radical (unpaired) electrons. The molecule has 0 amide bonds. The van der Waals surface area contributed by atoms with Crippen LogP contribution in [0.15, 0.2) is 60.7 Å². The number of benzene rings is 2. The lowest BCUT2D eigenvalue weighted by molar-refractivity contribution is 1.26. The Balaban J connectivity index is 1.76. The van der Waals surface area contributed by atoms with Gasteiger partial charge in [-0.1, -0.05) is 48.5 Å². The molecule has 3 rings (SSSR count). The van der Waals surface area contributed by atoms with Crippen LogP contribution in [-0.4, -0.2) is 12.0 Å². The van der Waals surface area contributed by atoms with Crippen LogP contribution < -0.4 is 5.32 Å². The Kier molecular flexibility index (Phi) is 4.41. The lowest BCUT2D eigenvalue weighted by Gasteiger charge is -2.10. The molecule has 0 atom stereocenters. The third-order valence-corrected chi connectivity index (χ3v) is 4.46.